The number of thiophene rings is 1. The van der Waals surface area contributed by atoms with Gasteiger partial charge in [0.05, 0.1) is 16.6 Å². The fourth-order valence-electron chi connectivity index (χ4n) is 3.23. The number of rotatable bonds is 5. The van der Waals surface area contributed by atoms with Crippen LogP contribution in [-0.2, 0) is 12.8 Å². The van der Waals surface area contributed by atoms with E-state index in [0.717, 1.165) is 6.42 Å². The van der Waals surface area contributed by atoms with Crippen LogP contribution in [0.25, 0.3) is 6.08 Å². The molecule has 0 N–H and O–H groups in total. The number of nitrogens with zero attached hydrogens (tertiary/aromatic N) is 2. The van der Waals surface area contributed by atoms with E-state index in [1.807, 2.05) is 17.4 Å². The number of nitriles is 1. The largest absolute Gasteiger partial charge is 0.369 e. The Morgan fingerprint density at radius 2 is 1.81 bits per heavy atom. The molecule has 0 unspecified atom stereocenters. The third-order valence-electron chi connectivity index (χ3n) is 4.54. The Hall–Kier alpha value is -2.64. The molecule has 0 amide bonds. The first-order chi connectivity index (χ1) is 12.6. The molecule has 0 radical (unpaired) electrons. The summed E-state index contributed by atoms with van der Waals surface area (Å²) in [7, 11) is 4.20. The highest BCUT2D eigenvalue weighted by molar-refractivity contribution is 7.17. The van der Waals surface area contributed by atoms with E-state index in [4.69, 9.17) is 5.26 Å². The van der Waals surface area contributed by atoms with E-state index >= 15 is 0 Å². The third kappa shape index (κ3) is 3.95. The van der Waals surface area contributed by atoms with Crippen molar-refractivity contribution in [2.75, 3.05) is 19.0 Å². The minimum absolute atomic E-state index is 0.0543. The van der Waals surface area contributed by atoms with Gasteiger partial charge in [-0.3, -0.25) is 4.79 Å². The van der Waals surface area contributed by atoms with Gasteiger partial charge in [-0.05, 0) is 73.2 Å². The molecule has 0 spiro atoms. The Morgan fingerprint density at radius 3 is 2.46 bits per heavy atom. The van der Waals surface area contributed by atoms with Gasteiger partial charge in [-0.15, -0.1) is 11.3 Å². The molecular weight excluding hydrogens is 340 g/mol. The summed E-state index contributed by atoms with van der Waals surface area (Å²) in [4.78, 5) is 15.7. The van der Waals surface area contributed by atoms with Crippen LogP contribution in [0, 0.1) is 11.3 Å². The molecule has 4 heteroatoms. The SMILES string of the molecule is CN(C)c1sc(/C=C/C=C/C(=O)c2ccc(C#N)cc2)c2c1CCCC2. The number of anilines is 1. The van der Waals surface area contributed by atoms with Gasteiger partial charge >= 0.3 is 0 Å². The highest BCUT2D eigenvalue weighted by Gasteiger charge is 2.20. The van der Waals surface area contributed by atoms with Gasteiger partial charge in [0.25, 0.3) is 0 Å². The highest BCUT2D eigenvalue weighted by atomic mass is 32.1. The molecule has 26 heavy (non-hydrogen) atoms. The normalized spacial score (nSPS) is 13.7. The summed E-state index contributed by atoms with van der Waals surface area (Å²) >= 11 is 1.83. The van der Waals surface area contributed by atoms with E-state index in [1.54, 1.807) is 36.4 Å². The summed E-state index contributed by atoms with van der Waals surface area (Å²) in [5.41, 5.74) is 4.14. The molecule has 132 valence electrons. The van der Waals surface area contributed by atoms with Crippen molar-refractivity contribution in [2.45, 2.75) is 25.7 Å². The first kappa shape index (κ1) is 18.2. The summed E-state index contributed by atoms with van der Waals surface area (Å²) in [5.74, 6) is -0.0543. The van der Waals surface area contributed by atoms with Crippen molar-refractivity contribution < 1.29 is 4.79 Å². The summed E-state index contributed by atoms with van der Waals surface area (Å²) in [6.07, 6.45) is 12.3. The lowest BCUT2D eigenvalue weighted by atomic mass is 9.93. The van der Waals surface area contributed by atoms with Crippen molar-refractivity contribution in [3.8, 4) is 6.07 Å². The van der Waals surface area contributed by atoms with Gasteiger partial charge in [0, 0.05) is 24.5 Å². The van der Waals surface area contributed by atoms with Crippen LogP contribution in [0.2, 0.25) is 0 Å². The molecule has 3 rings (SSSR count). The molecule has 0 atom stereocenters. The van der Waals surface area contributed by atoms with Gasteiger partial charge in [0.1, 0.15) is 0 Å². The summed E-state index contributed by atoms with van der Waals surface area (Å²) in [5, 5.41) is 10.2. The molecule has 1 aliphatic rings. The Morgan fingerprint density at radius 1 is 1.12 bits per heavy atom. The van der Waals surface area contributed by atoms with Crippen LogP contribution in [0.4, 0.5) is 5.00 Å². The predicted molar refractivity (Wildman–Crippen MR) is 109 cm³/mol. The number of benzene rings is 1. The first-order valence-electron chi connectivity index (χ1n) is 8.81. The molecule has 1 aliphatic carbocycles. The summed E-state index contributed by atoms with van der Waals surface area (Å²) < 4.78 is 0. The van der Waals surface area contributed by atoms with E-state index in [-0.39, 0.29) is 5.78 Å². The van der Waals surface area contributed by atoms with E-state index in [1.165, 1.54) is 40.3 Å². The van der Waals surface area contributed by atoms with Crippen LogP contribution < -0.4 is 4.90 Å². The predicted octanol–water partition coefficient (Wildman–Crippen LogP) is 5.02. The lowest BCUT2D eigenvalue weighted by molar-refractivity contribution is 0.104. The maximum absolute atomic E-state index is 12.2. The average Bonchev–Trinajstić information content (AvgIpc) is 3.04. The summed E-state index contributed by atoms with van der Waals surface area (Å²) in [6, 6.07) is 8.76. The fourth-order valence-corrected chi connectivity index (χ4v) is 4.46. The minimum atomic E-state index is -0.0543. The molecule has 1 aromatic heterocycles. The van der Waals surface area contributed by atoms with E-state index in [0.29, 0.717) is 11.1 Å². The van der Waals surface area contributed by atoms with Gasteiger partial charge < -0.3 is 4.90 Å². The molecular formula is C22H22N2OS. The van der Waals surface area contributed by atoms with E-state index in [9.17, 15) is 4.79 Å². The van der Waals surface area contributed by atoms with Crippen molar-refractivity contribution in [3.63, 3.8) is 0 Å². The van der Waals surface area contributed by atoms with Crippen molar-refractivity contribution >= 4 is 28.2 Å². The van der Waals surface area contributed by atoms with Crippen LogP contribution in [0.15, 0.2) is 42.5 Å². The van der Waals surface area contributed by atoms with Crippen molar-refractivity contribution in [1.29, 1.82) is 5.26 Å². The second kappa shape index (κ2) is 8.16. The fraction of sp³-hybridized carbons (Fsp3) is 0.273. The lowest BCUT2D eigenvalue weighted by Crippen LogP contribution is -2.11. The van der Waals surface area contributed by atoms with Gasteiger partial charge in [0.15, 0.2) is 5.78 Å². The molecule has 0 bridgehead atoms. The molecule has 0 fully saturated rings. The molecule has 1 heterocycles. The molecule has 1 aromatic carbocycles. The number of carbonyl (C=O) groups excluding carboxylic acids is 1. The van der Waals surface area contributed by atoms with E-state index < -0.39 is 0 Å². The van der Waals surface area contributed by atoms with Crippen LogP contribution in [0.3, 0.4) is 0 Å². The Labute approximate surface area is 158 Å². The molecule has 0 saturated carbocycles. The van der Waals surface area contributed by atoms with E-state index in [2.05, 4.69) is 31.1 Å². The standard InChI is InChI=1S/C22H22N2OS/c1-24(2)22-19-8-4-3-7-18(19)21(26-22)10-6-5-9-20(25)17-13-11-16(15-23)12-14-17/h5-6,9-14H,3-4,7-8H2,1-2H3/b9-5+,10-6+. The topological polar surface area (TPSA) is 44.1 Å². The molecule has 0 saturated heterocycles. The number of hydrogen-bond donors (Lipinski definition) is 0. The zero-order valence-corrected chi connectivity index (χ0v) is 16.0. The minimum Gasteiger partial charge on any atom is -0.369 e. The number of hydrogen-bond acceptors (Lipinski definition) is 4. The maximum atomic E-state index is 12.2. The Bertz CT molecular complexity index is 895. The average molecular weight is 362 g/mol. The lowest BCUT2D eigenvalue weighted by Gasteiger charge is -2.17. The van der Waals surface area contributed by atoms with Crippen molar-refractivity contribution in [2.24, 2.45) is 0 Å². The molecule has 2 aromatic rings. The van der Waals surface area contributed by atoms with Crippen LogP contribution >= 0.6 is 11.3 Å². The van der Waals surface area contributed by atoms with Crippen LogP contribution in [-0.4, -0.2) is 19.9 Å². The summed E-state index contributed by atoms with van der Waals surface area (Å²) in [6.45, 7) is 0. The highest BCUT2D eigenvalue weighted by Crippen LogP contribution is 2.40. The van der Waals surface area contributed by atoms with Gasteiger partial charge in [-0.1, -0.05) is 12.2 Å². The van der Waals surface area contributed by atoms with Gasteiger partial charge in [-0.25, -0.2) is 0 Å². The van der Waals surface area contributed by atoms with Crippen LogP contribution in [0.5, 0.6) is 0 Å². The Kier molecular flexibility index (Phi) is 5.70. The third-order valence-corrected chi connectivity index (χ3v) is 5.95. The smallest absolute Gasteiger partial charge is 0.185 e. The first-order valence-corrected chi connectivity index (χ1v) is 9.63. The maximum Gasteiger partial charge on any atom is 0.185 e. The van der Waals surface area contributed by atoms with Crippen molar-refractivity contribution in [1.82, 2.24) is 0 Å². The van der Waals surface area contributed by atoms with Gasteiger partial charge in [0.2, 0.25) is 0 Å². The van der Waals surface area contributed by atoms with Gasteiger partial charge in [-0.2, -0.15) is 5.26 Å². The second-order valence-corrected chi connectivity index (χ2v) is 7.63. The second-order valence-electron chi connectivity index (χ2n) is 6.60. The molecule has 0 aliphatic heterocycles. The van der Waals surface area contributed by atoms with Crippen molar-refractivity contribution in [3.05, 3.63) is 69.6 Å². The number of carbonyl (C=O) groups is 1. The number of allylic oxidation sites excluding steroid dienone is 3. The zero-order valence-electron chi connectivity index (χ0n) is 15.2. The monoisotopic (exact) mass is 362 g/mol. The molecule has 3 nitrogen and oxygen atoms in total. The quantitative estimate of drug-likeness (QED) is 0.426. The Balaban J connectivity index is 1.73. The van der Waals surface area contributed by atoms with Crippen LogP contribution in [0.1, 0.15) is 44.8 Å². The number of fused-ring (bicyclic) bond motifs is 1. The zero-order chi connectivity index (χ0) is 18.5. The number of ketones is 1.